The lowest BCUT2D eigenvalue weighted by atomic mass is 9.61. The molecule has 1 nitrogen and oxygen atoms in total. The Bertz CT molecular complexity index is 1740. The summed E-state index contributed by atoms with van der Waals surface area (Å²) in [4.78, 5) is 4.95. The molecule has 1 heteroatoms. The first-order valence-corrected chi connectivity index (χ1v) is 13.9. The van der Waals surface area contributed by atoms with Crippen LogP contribution in [0.15, 0.2) is 150 Å². The summed E-state index contributed by atoms with van der Waals surface area (Å²) in [6.07, 6.45) is 37.2. The number of rotatable bonds is 1. The van der Waals surface area contributed by atoms with E-state index in [4.69, 9.17) is 4.98 Å². The minimum atomic E-state index is 0.276. The Morgan fingerprint density at radius 3 is 2.29 bits per heavy atom. The van der Waals surface area contributed by atoms with Crippen LogP contribution in [0.1, 0.15) is 22.7 Å². The molecule has 6 unspecified atom stereocenters. The van der Waals surface area contributed by atoms with Gasteiger partial charge in [0.15, 0.2) is 0 Å². The van der Waals surface area contributed by atoms with Crippen LogP contribution in [-0.4, -0.2) is 4.98 Å². The predicted molar refractivity (Wildman–Crippen MR) is 155 cm³/mol. The average Bonchev–Trinajstić information content (AvgIpc) is 3.33. The van der Waals surface area contributed by atoms with Crippen molar-refractivity contribution in [3.8, 4) is 11.1 Å². The molecule has 0 fully saturated rings. The number of fused-ring (bicyclic) bond motifs is 10. The third-order valence-electron chi connectivity index (χ3n) is 9.65. The molecule has 38 heavy (non-hydrogen) atoms. The molecule has 180 valence electrons. The highest BCUT2D eigenvalue weighted by Gasteiger charge is 2.45. The number of hydrogen-bond donors (Lipinski definition) is 0. The van der Waals surface area contributed by atoms with E-state index in [1.807, 2.05) is 6.20 Å². The number of hydrogen-bond acceptors (Lipinski definition) is 1. The average molecular weight is 486 g/mol. The first kappa shape index (κ1) is 20.8. The Morgan fingerprint density at radius 1 is 0.579 bits per heavy atom. The first-order chi connectivity index (χ1) is 18.9. The molecular formula is C37H27N. The van der Waals surface area contributed by atoms with Crippen LogP contribution in [0, 0.1) is 29.6 Å². The summed E-state index contributed by atoms with van der Waals surface area (Å²) >= 11 is 0. The fourth-order valence-corrected chi connectivity index (χ4v) is 8.14. The Kier molecular flexibility index (Phi) is 4.18. The molecule has 6 atom stereocenters. The van der Waals surface area contributed by atoms with Gasteiger partial charge in [-0.3, -0.25) is 4.98 Å². The van der Waals surface area contributed by atoms with E-state index in [9.17, 15) is 0 Å². The molecule has 0 aliphatic heterocycles. The van der Waals surface area contributed by atoms with Gasteiger partial charge in [0.1, 0.15) is 0 Å². The van der Waals surface area contributed by atoms with Gasteiger partial charge in [0.2, 0.25) is 0 Å². The van der Waals surface area contributed by atoms with E-state index >= 15 is 0 Å². The van der Waals surface area contributed by atoms with Gasteiger partial charge in [-0.15, -0.1) is 0 Å². The molecule has 0 saturated heterocycles. The lowest BCUT2D eigenvalue weighted by molar-refractivity contribution is 0.477. The third kappa shape index (κ3) is 2.64. The van der Waals surface area contributed by atoms with Crippen LogP contribution in [0.4, 0.5) is 0 Å². The van der Waals surface area contributed by atoms with Crippen molar-refractivity contribution in [2.75, 3.05) is 0 Å². The molecule has 1 heterocycles. The van der Waals surface area contributed by atoms with E-state index in [2.05, 4.69) is 121 Å². The molecule has 0 saturated carbocycles. The maximum Gasteiger partial charge on any atom is 0.0566 e. The van der Waals surface area contributed by atoms with Crippen molar-refractivity contribution in [1.82, 2.24) is 4.98 Å². The third-order valence-corrected chi connectivity index (χ3v) is 9.65. The molecule has 7 aliphatic carbocycles. The fourth-order valence-electron chi connectivity index (χ4n) is 8.14. The van der Waals surface area contributed by atoms with Crippen molar-refractivity contribution >= 4 is 5.57 Å². The molecule has 1 aromatic carbocycles. The van der Waals surface area contributed by atoms with Crippen molar-refractivity contribution in [3.63, 3.8) is 0 Å². The molecule has 0 spiro atoms. The Balaban J connectivity index is 1.34. The summed E-state index contributed by atoms with van der Waals surface area (Å²) in [6, 6.07) is 11.3. The van der Waals surface area contributed by atoms with Crippen molar-refractivity contribution in [2.45, 2.75) is 5.92 Å². The van der Waals surface area contributed by atoms with Gasteiger partial charge in [-0.2, -0.15) is 0 Å². The second-order valence-corrected chi connectivity index (χ2v) is 11.3. The summed E-state index contributed by atoms with van der Waals surface area (Å²) in [5.74, 6) is 2.24. The van der Waals surface area contributed by atoms with Crippen LogP contribution < -0.4 is 0 Å². The molecule has 0 bridgehead atoms. The van der Waals surface area contributed by atoms with Crippen molar-refractivity contribution < 1.29 is 0 Å². The van der Waals surface area contributed by atoms with Gasteiger partial charge in [0.05, 0.1) is 5.69 Å². The standard InChI is InChI=1S/C37H27N/c1-2-10-23-22(9-1)18-19-26-24-11-3-4-12-25(24)33(21-32(23)26)34-27-13-5-6-14-28(27)36-35-29(15-7-16-31(34)35)30-17-8-20-38-37(30)36/h1-24,26,28,36H. The van der Waals surface area contributed by atoms with Crippen LogP contribution in [0.5, 0.6) is 0 Å². The number of allylic oxidation sites excluding steroid dienone is 20. The molecule has 9 rings (SSSR count). The summed E-state index contributed by atoms with van der Waals surface area (Å²) < 4.78 is 0. The fraction of sp³-hybridized carbons (Fsp3) is 0.162. The SMILES string of the molecule is C1=CC2=C(C3=C4C=CC=CC4C4c5ncccc5-c5cccc3c54)C=C3C4C=CC=CC4C=CC3C2C=C1. The van der Waals surface area contributed by atoms with E-state index in [1.165, 1.54) is 50.2 Å². The van der Waals surface area contributed by atoms with Crippen molar-refractivity contribution in [2.24, 2.45) is 29.6 Å². The monoisotopic (exact) mass is 485 g/mol. The van der Waals surface area contributed by atoms with Crippen LogP contribution >= 0.6 is 0 Å². The van der Waals surface area contributed by atoms with Crippen molar-refractivity contribution in [3.05, 3.63) is 167 Å². The van der Waals surface area contributed by atoms with Crippen LogP contribution in [0.3, 0.4) is 0 Å². The molecule has 2 aromatic rings. The normalized spacial score (nSPS) is 31.9. The highest BCUT2D eigenvalue weighted by atomic mass is 14.7. The molecule has 1 aromatic heterocycles. The second kappa shape index (κ2) is 7.65. The zero-order valence-corrected chi connectivity index (χ0v) is 21.0. The van der Waals surface area contributed by atoms with Gasteiger partial charge in [-0.25, -0.2) is 0 Å². The van der Waals surface area contributed by atoms with Gasteiger partial charge < -0.3 is 0 Å². The summed E-state index contributed by atoms with van der Waals surface area (Å²) in [5.41, 5.74) is 14.0. The minimum Gasteiger partial charge on any atom is -0.260 e. The van der Waals surface area contributed by atoms with E-state index in [1.54, 1.807) is 5.57 Å². The summed E-state index contributed by atoms with van der Waals surface area (Å²) in [6.45, 7) is 0. The van der Waals surface area contributed by atoms with E-state index in [0.29, 0.717) is 29.6 Å². The maximum atomic E-state index is 4.95. The lowest BCUT2D eigenvalue weighted by Crippen LogP contribution is -2.31. The van der Waals surface area contributed by atoms with Gasteiger partial charge in [0.25, 0.3) is 0 Å². The minimum absolute atomic E-state index is 0.276. The van der Waals surface area contributed by atoms with Gasteiger partial charge >= 0.3 is 0 Å². The first-order valence-electron chi connectivity index (χ1n) is 13.9. The summed E-state index contributed by atoms with van der Waals surface area (Å²) in [5, 5.41) is 0. The highest BCUT2D eigenvalue weighted by Crippen LogP contribution is 2.59. The van der Waals surface area contributed by atoms with Crippen LogP contribution in [0.25, 0.3) is 16.7 Å². The maximum absolute atomic E-state index is 4.95. The predicted octanol–water partition coefficient (Wildman–Crippen LogP) is 8.23. The largest absolute Gasteiger partial charge is 0.260 e. The highest BCUT2D eigenvalue weighted by molar-refractivity contribution is 5.96. The van der Waals surface area contributed by atoms with Crippen LogP contribution in [0.2, 0.25) is 0 Å². The molecule has 0 radical (unpaired) electrons. The number of pyridine rings is 1. The molecule has 0 N–H and O–H groups in total. The smallest absolute Gasteiger partial charge is 0.0566 e. The zero-order chi connectivity index (χ0) is 24.8. The topological polar surface area (TPSA) is 12.9 Å². The van der Waals surface area contributed by atoms with Crippen molar-refractivity contribution in [1.29, 1.82) is 0 Å². The van der Waals surface area contributed by atoms with E-state index in [0.717, 1.165) is 0 Å². The van der Waals surface area contributed by atoms with Gasteiger partial charge in [0, 0.05) is 47.3 Å². The molecule has 7 aliphatic rings. The zero-order valence-electron chi connectivity index (χ0n) is 21.0. The Labute approximate surface area is 223 Å². The molecule has 0 amide bonds. The lowest BCUT2D eigenvalue weighted by Gasteiger charge is -2.42. The Hall–Kier alpha value is -4.23. The summed E-state index contributed by atoms with van der Waals surface area (Å²) in [7, 11) is 0. The van der Waals surface area contributed by atoms with E-state index in [-0.39, 0.29) is 5.92 Å². The quantitative estimate of drug-likeness (QED) is 0.371. The second-order valence-electron chi connectivity index (χ2n) is 11.3. The van der Waals surface area contributed by atoms with Gasteiger partial charge in [-0.1, -0.05) is 121 Å². The number of nitrogens with zero attached hydrogens (tertiary/aromatic N) is 1. The number of aromatic nitrogens is 1. The van der Waals surface area contributed by atoms with E-state index < -0.39 is 0 Å². The Morgan fingerprint density at radius 2 is 1.34 bits per heavy atom. The van der Waals surface area contributed by atoms with Gasteiger partial charge in [-0.05, 0) is 45.0 Å². The van der Waals surface area contributed by atoms with Crippen LogP contribution in [-0.2, 0) is 0 Å². The molecular weight excluding hydrogens is 458 g/mol. The number of benzene rings is 1.